The molecular formula is C28H28O. The van der Waals surface area contributed by atoms with Crippen LogP contribution in [0.4, 0.5) is 0 Å². The van der Waals surface area contributed by atoms with Crippen LogP contribution in [0.15, 0.2) is 91.1 Å². The number of allylic oxidation sites excluding steroid dienone is 7. The van der Waals surface area contributed by atoms with Crippen molar-refractivity contribution in [1.29, 1.82) is 0 Å². The smallest absolute Gasteiger partial charge is 0.133 e. The molecule has 0 heterocycles. The minimum absolute atomic E-state index is 0.354. The molecule has 1 heteroatoms. The van der Waals surface area contributed by atoms with Crippen molar-refractivity contribution in [3.63, 3.8) is 0 Å². The van der Waals surface area contributed by atoms with Gasteiger partial charge in [-0.3, -0.25) is 4.79 Å². The number of hydrogen-bond donors (Lipinski definition) is 0. The van der Waals surface area contributed by atoms with E-state index in [1.807, 2.05) is 12.1 Å². The Hall–Kier alpha value is -2.93. The molecule has 1 unspecified atom stereocenters. The quantitative estimate of drug-likeness (QED) is 0.429. The summed E-state index contributed by atoms with van der Waals surface area (Å²) in [5.74, 6) is 0.716. The number of ketones is 1. The standard InChI is InChI=1S/C28H28O/c1-2-8-27-24(17-20-28(27)21-9-4-3-5-10-21)16-19-25(29)18-15-23-14-13-22-11-6-7-12-26(22)23/h2-7,9-12,14,17,20,27H,1,8,13,15-16,18-19H2. The Kier molecular flexibility index (Phi) is 6.05. The van der Waals surface area contributed by atoms with Crippen LogP contribution in [0.3, 0.4) is 0 Å². The summed E-state index contributed by atoms with van der Waals surface area (Å²) in [7, 11) is 0. The number of Topliss-reactive ketones (excluding diaryl/α,β-unsaturated/α-hetero) is 1. The summed E-state index contributed by atoms with van der Waals surface area (Å²) in [5, 5.41) is 0. The molecule has 29 heavy (non-hydrogen) atoms. The molecule has 2 aromatic rings. The van der Waals surface area contributed by atoms with Gasteiger partial charge in [0.25, 0.3) is 0 Å². The van der Waals surface area contributed by atoms with Gasteiger partial charge in [0.2, 0.25) is 0 Å². The van der Waals surface area contributed by atoms with Gasteiger partial charge in [-0.2, -0.15) is 0 Å². The van der Waals surface area contributed by atoms with Crippen LogP contribution in [-0.2, 0) is 11.2 Å². The summed E-state index contributed by atoms with van der Waals surface area (Å²) in [6.45, 7) is 3.95. The molecule has 0 fully saturated rings. The minimum atomic E-state index is 0.354. The normalized spacial score (nSPS) is 17.4. The molecule has 2 aliphatic carbocycles. The van der Waals surface area contributed by atoms with Crippen LogP contribution in [0, 0.1) is 5.92 Å². The Balaban J connectivity index is 1.31. The third-order valence-corrected chi connectivity index (χ3v) is 6.11. The van der Waals surface area contributed by atoms with Crippen molar-refractivity contribution >= 4 is 16.9 Å². The maximum absolute atomic E-state index is 12.6. The van der Waals surface area contributed by atoms with Crippen molar-refractivity contribution in [2.75, 3.05) is 0 Å². The lowest BCUT2D eigenvalue weighted by Crippen LogP contribution is -2.06. The number of fused-ring (bicyclic) bond motifs is 1. The summed E-state index contributed by atoms with van der Waals surface area (Å²) in [6.07, 6.45) is 13.6. The molecule has 2 aromatic carbocycles. The van der Waals surface area contributed by atoms with E-state index < -0.39 is 0 Å². The summed E-state index contributed by atoms with van der Waals surface area (Å²) in [6, 6.07) is 19.1. The zero-order valence-corrected chi connectivity index (χ0v) is 16.9. The predicted molar refractivity (Wildman–Crippen MR) is 122 cm³/mol. The van der Waals surface area contributed by atoms with Crippen molar-refractivity contribution in [3.8, 4) is 0 Å². The van der Waals surface area contributed by atoms with Crippen LogP contribution >= 0.6 is 0 Å². The summed E-state index contributed by atoms with van der Waals surface area (Å²) in [4.78, 5) is 12.6. The molecule has 0 aromatic heterocycles. The summed E-state index contributed by atoms with van der Waals surface area (Å²) < 4.78 is 0. The van der Waals surface area contributed by atoms with E-state index in [9.17, 15) is 4.79 Å². The first-order chi connectivity index (χ1) is 14.3. The number of hydrogen-bond acceptors (Lipinski definition) is 1. The Labute approximate surface area is 174 Å². The fourth-order valence-electron chi connectivity index (χ4n) is 4.53. The second-order valence-corrected chi connectivity index (χ2v) is 7.94. The molecule has 1 atom stereocenters. The highest BCUT2D eigenvalue weighted by molar-refractivity contribution is 5.83. The number of carbonyl (C=O) groups excluding carboxylic acids is 1. The monoisotopic (exact) mass is 380 g/mol. The van der Waals surface area contributed by atoms with Gasteiger partial charge in [-0.15, -0.1) is 6.58 Å². The zero-order valence-electron chi connectivity index (χ0n) is 16.9. The second-order valence-electron chi connectivity index (χ2n) is 7.94. The van der Waals surface area contributed by atoms with E-state index in [4.69, 9.17) is 0 Å². The second kappa shape index (κ2) is 9.05. The number of rotatable bonds is 9. The summed E-state index contributed by atoms with van der Waals surface area (Å²) in [5.41, 5.74) is 8.04. The van der Waals surface area contributed by atoms with Gasteiger partial charge in [0.15, 0.2) is 0 Å². The van der Waals surface area contributed by atoms with E-state index in [-0.39, 0.29) is 0 Å². The molecule has 0 saturated carbocycles. The van der Waals surface area contributed by atoms with Crippen LogP contribution in [-0.4, -0.2) is 5.78 Å². The highest BCUT2D eigenvalue weighted by Crippen LogP contribution is 2.39. The van der Waals surface area contributed by atoms with Gasteiger partial charge in [-0.1, -0.05) is 84.5 Å². The molecule has 0 radical (unpaired) electrons. The maximum Gasteiger partial charge on any atom is 0.133 e. The average Bonchev–Trinajstić information content (AvgIpc) is 3.36. The molecule has 4 rings (SSSR count). The molecule has 2 aliphatic rings. The van der Waals surface area contributed by atoms with E-state index >= 15 is 0 Å². The largest absolute Gasteiger partial charge is 0.300 e. The fourth-order valence-corrected chi connectivity index (χ4v) is 4.53. The van der Waals surface area contributed by atoms with Crippen molar-refractivity contribution < 1.29 is 4.79 Å². The van der Waals surface area contributed by atoms with Gasteiger partial charge in [-0.05, 0) is 53.5 Å². The van der Waals surface area contributed by atoms with Crippen LogP contribution in [0.2, 0.25) is 0 Å². The Bertz CT molecular complexity index is 988. The van der Waals surface area contributed by atoms with E-state index in [0.29, 0.717) is 24.5 Å². The molecule has 146 valence electrons. The summed E-state index contributed by atoms with van der Waals surface area (Å²) >= 11 is 0. The molecule has 0 N–H and O–H groups in total. The Morgan fingerprint density at radius 2 is 1.72 bits per heavy atom. The zero-order chi connectivity index (χ0) is 20.1. The first-order valence-corrected chi connectivity index (χ1v) is 10.6. The SMILES string of the molecule is C=CCC1C(CCC(=O)CCC2=CCc3ccccc32)=CC=C1c1ccccc1. The van der Waals surface area contributed by atoms with Crippen molar-refractivity contribution in [2.45, 2.75) is 38.5 Å². The van der Waals surface area contributed by atoms with Crippen molar-refractivity contribution in [1.82, 2.24) is 0 Å². The molecule has 1 nitrogen and oxygen atoms in total. The van der Waals surface area contributed by atoms with Gasteiger partial charge >= 0.3 is 0 Å². The highest BCUT2D eigenvalue weighted by atomic mass is 16.1. The lowest BCUT2D eigenvalue weighted by Gasteiger charge is -2.18. The van der Waals surface area contributed by atoms with Gasteiger partial charge in [0, 0.05) is 18.8 Å². The average molecular weight is 381 g/mol. The van der Waals surface area contributed by atoms with Crippen LogP contribution < -0.4 is 0 Å². The van der Waals surface area contributed by atoms with Gasteiger partial charge in [0.1, 0.15) is 5.78 Å². The highest BCUT2D eigenvalue weighted by Gasteiger charge is 2.23. The first-order valence-electron chi connectivity index (χ1n) is 10.6. The van der Waals surface area contributed by atoms with E-state index in [1.54, 1.807) is 0 Å². The Morgan fingerprint density at radius 3 is 2.55 bits per heavy atom. The molecule has 0 bridgehead atoms. The maximum atomic E-state index is 12.6. The van der Waals surface area contributed by atoms with E-state index in [0.717, 1.165) is 25.7 Å². The number of carbonyl (C=O) groups is 1. The molecule has 0 amide bonds. The van der Waals surface area contributed by atoms with E-state index in [2.05, 4.69) is 73.3 Å². The van der Waals surface area contributed by atoms with Crippen molar-refractivity contribution in [3.05, 3.63) is 108 Å². The minimum Gasteiger partial charge on any atom is -0.300 e. The third kappa shape index (κ3) is 4.40. The lowest BCUT2D eigenvalue weighted by molar-refractivity contribution is -0.118. The molecule has 0 spiro atoms. The van der Waals surface area contributed by atoms with Gasteiger partial charge in [0.05, 0.1) is 0 Å². The van der Waals surface area contributed by atoms with Crippen LogP contribution in [0.5, 0.6) is 0 Å². The van der Waals surface area contributed by atoms with Crippen LogP contribution in [0.25, 0.3) is 11.1 Å². The van der Waals surface area contributed by atoms with Gasteiger partial charge in [-0.25, -0.2) is 0 Å². The third-order valence-electron chi connectivity index (χ3n) is 6.11. The topological polar surface area (TPSA) is 17.1 Å². The van der Waals surface area contributed by atoms with Crippen LogP contribution in [0.1, 0.15) is 48.8 Å². The molecular weight excluding hydrogens is 352 g/mol. The Morgan fingerprint density at radius 1 is 0.966 bits per heavy atom. The fraction of sp³-hybridized carbons (Fsp3) is 0.250. The predicted octanol–water partition coefficient (Wildman–Crippen LogP) is 6.97. The molecule has 0 aliphatic heterocycles. The lowest BCUT2D eigenvalue weighted by atomic mass is 9.86. The van der Waals surface area contributed by atoms with E-state index in [1.165, 1.54) is 33.4 Å². The van der Waals surface area contributed by atoms with Gasteiger partial charge < -0.3 is 0 Å². The number of benzene rings is 2. The van der Waals surface area contributed by atoms with Crippen molar-refractivity contribution in [2.24, 2.45) is 5.92 Å². The molecule has 0 saturated heterocycles. The first kappa shape index (κ1) is 19.4.